The Bertz CT molecular complexity index is 1290. The number of alkyl carbamates (subject to hydrolysis) is 1. The van der Waals surface area contributed by atoms with Gasteiger partial charge in [-0.25, -0.2) is 4.79 Å². The maximum Gasteiger partial charge on any atom is 0.408 e. The molecule has 0 bridgehead atoms. The molecule has 0 aromatic heterocycles. The third kappa shape index (κ3) is 6.39. The number of amides is 5. The Labute approximate surface area is 228 Å². The number of carbonyl (C=O) groups excluding carboxylic acids is 5. The Balaban J connectivity index is 1.44. The first-order valence-corrected chi connectivity index (χ1v) is 13.0. The lowest BCUT2D eigenvalue weighted by Gasteiger charge is -2.29. The van der Waals surface area contributed by atoms with Crippen LogP contribution in [0.25, 0.3) is 0 Å². The fourth-order valence-electron chi connectivity index (χ4n) is 4.41. The van der Waals surface area contributed by atoms with Crippen LogP contribution in [-0.2, 0) is 32.2 Å². The van der Waals surface area contributed by atoms with Gasteiger partial charge < -0.3 is 20.3 Å². The van der Waals surface area contributed by atoms with Gasteiger partial charge in [0.1, 0.15) is 17.7 Å². The van der Waals surface area contributed by atoms with E-state index in [1.54, 1.807) is 57.2 Å². The van der Waals surface area contributed by atoms with Crippen LogP contribution in [0, 0.1) is 0 Å². The molecule has 1 unspecified atom stereocenters. The van der Waals surface area contributed by atoms with Crippen molar-refractivity contribution in [3.63, 3.8) is 0 Å². The van der Waals surface area contributed by atoms with Gasteiger partial charge in [-0.3, -0.25) is 24.5 Å². The van der Waals surface area contributed by atoms with Gasteiger partial charge in [0.15, 0.2) is 0 Å². The first-order chi connectivity index (χ1) is 17.9. The van der Waals surface area contributed by atoms with Gasteiger partial charge in [-0.1, -0.05) is 40.2 Å². The molecule has 0 aliphatic carbocycles. The molecule has 2 aliphatic rings. The van der Waals surface area contributed by atoms with Gasteiger partial charge in [0.2, 0.25) is 17.7 Å². The van der Waals surface area contributed by atoms with Crippen molar-refractivity contribution in [2.75, 3.05) is 0 Å². The summed E-state index contributed by atoms with van der Waals surface area (Å²) in [6.45, 7) is 5.61. The molecule has 0 radical (unpaired) electrons. The third-order valence-corrected chi connectivity index (χ3v) is 6.71. The first-order valence-electron chi connectivity index (χ1n) is 12.2. The van der Waals surface area contributed by atoms with E-state index in [-0.39, 0.29) is 37.7 Å². The van der Waals surface area contributed by atoms with Crippen LogP contribution in [0.2, 0.25) is 0 Å². The highest BCUT2D eigenvalue weighted by atomic mass is 79.9. The van der Waals surface area contributed by atoms with E-state index >= 15 is 0 Å². The highest BCUT2D eigenvalue weighted by Gasteiger charge is 2.39. The minimum Gasteiger partial charge on any atom is -0.444 e. The normalized spacial score (nSPS) is 17.9. The summed E-state index contributed by atoms with van der Waals surface area (Å²) >= 11 is 3.37. The van der Waals surface area contributed by atoms with E-state index in [9.17, 15) is 24.0 Å². The number of ether oxygens (including phenoxy) is 1. The molecule has 10 nitrogen and oxygen atoms in total. The number of hydrogen-bond acceptors (Lipinski definition) is 6. The quantitative estimate of drug-likeness (QED) is 0.447. The Morgan fingerprint density at radius 1 is 1.13 bits per heavy atom. The van der Waals surface area contributed by atoms with E-state index in [1.807, 2.05) is 6.07 Å². The number of carbonyl (C=O) groups is 5. The van der Waals surface area contributed by atoms with Crippen LogP contribution >= 0.6 is 15.9 Å². The highest BCUT2D eigenvalue weighted by molar-refractivity contribution is 9.10. The lowest BCUT2D eigenvalue weighted by atomic mass is 10.0. The van der Waals surface area contributed by atoms with E-state index in [2.05, 4.69) is 31.9 Å². The minimum absolute atomic E-state index is 0.155. The second kappa shape index (κ2) is 10.9. The summed E-state index contributed by atoms with van der Waals surface area (Å²) in [5.41, 5.74) is 1.83. The van der Waals surface area contributed by atoms with Gasteiger partial charge in [-0.05, 0) is 62.1 Å². The van der Waals surface area contributed by atoms with Crippen molar-refractivity contribution in [1.29, 1.82) is 0 Å². The number of halogens is 1. The molecule has 0 spiro atoms. The second-order valence-electron chi connectivity index (χ2n) is 10.2. The number of benzene rings is 2. The van der Waals surface area contributed by atoms with Crippen molar-refractivity contribution < 1.29 is 28.7 Å². The summed E-state index contributed by atoms with van der Waals surface area (Å²) in [7, 11) is 0. The lowest BCUT2D eigenvalue weighted by Crippen LogP contribution is -2.52. The van der Waals surface area contributed by atoms with Crippen LogP contribution in [0.4, 0.5) is 4.79 Å². The van der Waals surface area contributed by atoms with E-state index in [4.69, 9.17) is 4.74 Å². The average Bonchev–Trinajstić information content (AvgIpc) is 3.16. The highest BCUT2D eigenvalue weighted by Crippen LogP contribution is 2.28. The van der Waals surface area contributed by atoms with Crippen molar-refractivity contribution in [2.24, 2.45) is 0 Å². The largest absolute Gasteiger partial charge is 0.444 e. The van der Waals surface area contributed by atoms with Crippen molar-refractivity contribution >= 4 is 45.7 Å². The SMILES string of the molecule is CC(C)(C)OC(=O)N[C@H](C(=O)NCc1ccc2c(c1)CN(C1CCC(=O)NC1=O)C2=O)c1ccc(Br)cc1. The number of imide groups is 1. The number of nitrogens with one attached hydrogen (secondary N) is 3. The first kappa shape index (κ1) is 27.3. The summed E-state index contributed by atoms with van der Waals surface area (Å²) in [6, 6.07) is 10.6. The molecule has 4 rings (SSSR count). The van der Waals surface area contributed by atoms with Crippen LogP contribution in [0.5, 0.6) is 0 Å². The van der Waals surface area contributed by atoms with Crippen molar-refractivity contribution in [3.8, 4) is 0 Å². The van der Waals surface area contributed by atoms with Crippen molar-refractivity contribution in [1.82, 2.24) is 20.9 Å². The van der Waals surface area contributed by atoms with Gasteiger partial charge >= 0.3 is 6.09 Å². The Morgan fingerprint density at radius 3 is 2.50 bits per heavy atom. The molecular formula is C27H29BrN4O6. The van der Waals surface area contributed by atoms with E-state index in [0.717, 1.165) is 15.6 Å². The summed E-state index contributed by atoms with van der Waals surface area (Å²) in [4.78, 5) is 63.8. The standard InChI is InChI=1S/C27H29BrN4O6/c1-27(2,3)38-26(37)31-22(16-5-7-18(28)8-6-16)24(35)29-13-15-4-9-19-17(12-15)14-32(25(19)36)20-10-11-21(33)30-23(20)34/h4-9,12,20,22H,10-11,13-14H2,1-3H3,(H,29,35)(H,31,37)(H,30,33,34)/t20?,22-/m0/s1. The number of piperidine rings is 1. The third-order valence-electron chi connectivity index (χ3n) is 6.18. The van der Waals surface area contributed by atoms with Crippen molar-refractivity contribution in [2.45, 2.75) is 64.4 Å². The molecule has 5 amide bonds. The molecular weight excluding hydrogens is 556 g/mol. The van der Waals surface area contributed by atoms with Crippen LogP contribution < -0.4 is 16.0 Å². The van der Waals surface area contributed by atoms with E-state index in [0.29, 0.717) is 11.1 Å². The zero-order valence-corrected chi connectivity index (χ0v) is 22.9. The Kier molecular flexibility index (Phi) is 7.86. The molecule has 2 aromatic carbocycles. The number of fused-ring (bicyclic) bond motifs is 1. The van der Waals surface area contributed by atoms with Crippen LogP contribution in [-0.4, -0.2) is 46.3 Å². The summed E-state index contributed by atoms with van der Waals surface area (Å²) < 4.78 is 6.17. The molecule has 200 valence electrons. The van der Waals surface area contributed by atoms with E-state index < -0.39 is 35.6 Å². The van der Waals surface area contributed by atoms with Gasteiger partial charge in [-0.2, -0.15) is 0 Å². The lowest BCUT2D eigenvalue weighted by molar-refractivity contribution is -0.137. The summed E-state index contributed by atoms with van der Waals surface area (Å²) in [5.74, 6) is -1.50. The Hall–Kier alpha value is -3.73. The predicted molar refractivity (Wildman–Crippen MR) is 141 cm³/mol. The van der Waals surface area contributed by atoms with Gasteiger partial charge in [-0.15, -0.1) is 0 Å². The smallest absolute Gasteiger partial charge is 0.408 e. The molecule has 2 atom stereocenters. The number of hydrogen-bond donors (Lipinski definition) is 3. The minimum atomic E-state index is -0.989. The summed E-state index contributed by atoms with van der Waals surface area (Å²) in [6.07, 6.45) is -0.245. The molecule has 2 heterocycles. The predicted octanol–water partition coefficient (Wildman–Crippen LogP) is 3.09. The monoisotopic (exact) mass is 584 g/mol. The molecule has 1 fully saturated rings. The van der Waals surface area contributed by atoms with Crippen LogP contribution in [0.3, 0.4) is 0 Å². The van der Waals surface area contributed by atoms with Crippen LogP contribution in [0.15, 0.2) is 46.9 Å². The Morgan fingerprint density at radius 2 is 1.84 bits per heavy atom. The number of rotatable bonds is 6. The molecule has 0 saturated carbocycles. The molecule has 2 aromatic rings. The molecule has 11 heteroatoms. The van der Waals surface area contributed by atoms with E-state index in [1.165, 1.54) is 4.90 Å². The fraction of sp³-hybridized carbons (Fsp3) is 0.370. The van der Waals surface area contributed by atoms with Gasteiger partial charge in [0.25, 0.3) is 5.91 Å². The molecule has 1 saturated heterocycles. The maximum absolute atomic E-state index is 13.2. The number of nitrogens with zero attached hydrogens (tertiary/aromatic N) is 1. The summed E-state index contributed by atoms with van der Waals surface area (Å²) in [5, 5.41) is 7.78. The second-order valence-corrected chi connectivity index (χ2v) is 11.2. The molecule has 3 N–H and O–H groups in total. The molecule has 38 heavy (non-hydrogen) atoms. The van der Waals surface area contributed by atoms with Crippen molar-refractivity contribution in [3.05, 3.63) is 69.2 Å². The van der Waals surface area contributed by atoms with Gasteiger partial charge in [0, 0.05) is 29.5 Å². The zero-order valence-electron chi connectivity index (χ0n) is 21.3. The molecule has 2 aliphatic heterocycles. The maximum atomic E-state index is 13.2. The topological polar surface area (TPSA) is 134 Å². The average molecular weight is 585 g/mol. The van der Waals surface area contributed by atoms with Gasteiger partial charge in [0.05, 0.1) is 0 Å². The fourth-order valence-corrected chi connectivity index (χ4v) is 4.67. The van der Waals surface area contributed by atoms with Crippen LogP contribution in [0.1, 0.15) is 66.7 Å². The zero-order chi connectivity index (χ0) is 27.6.